The molecular formula is C22H25FN6. The summed E-state index contributed by atoms with van der Waals surface area (Å²) in [5.74, 6) is 1.11. The van der Waals surface area contributed by atoms with Crippen LogP contribution in [0.4, 0.5) is 33.1 Å². The highest BCUT2D eigenvalue weighted by Crippen LogP contribution is 2.30. The molecule has 0 aliphatic carbocycles. The standard InChI is InChI=1S/C22H25FN6/c1-2-16-7-9-17(10-8-16)27-21-20(24)22(26-15-25-21)29-13-11-28(12-14-29)19-6-4-3-5-18(19)23/h3-10,15H,2,11-14,24H2,1H3,(H,25,26,27). The van der Waals surface area contributed by atoms with Crippen LogP contribution in [0.25, 0.3) is 0 Å². The minimum atomic E-state index is -0.192. The molecule has 1 fully saturated rings. The Morgan fingerprint density at radius 2 is 1.66 bits per heavy atom. The number of anilines is 5. The summed E-state index contributed by atoms with van der Waals surface area (Å²) in [6, 6.07) is 15.1. The Bertz CT molecular complexity index is 967. The molecule has 0 radical (unpaired) electrons. The molecule has 0 spiro atoms. The number of aryl methyl sites for hydroxylation is 1. The molecule has 2 aromatic carbocycles. The molecule has 3 N–H and O–H groups in total. The van der Waals surface area contributed by atoms with Gasteiger partial charge in [-0.3, -0.25) is 0 Å². The molecule has 0 atom stereocenters. The van der Waals surface area contributed by atoms with Gasteiger partial charge < -0.3 is 20.9 Å². The van der Waals surface area contributed by atoms with Gasteiger partial charge in [-0.25, -0.2) is 14.4 Å². The van der Waals surface area contributed by atoms with Crippen LogP contribution in [0, 0.1) is 5.82 Å². The second-order valence-electron chi connectivity index (χ2n) is 7.06. The van der Waals surface area contributed by atoms with Crippen molar-refractivity contribution in [2.24, 2.45) is 0 Å². The van der Waals surface area contributed by atoms with E-state index >= 15 is 0 Å². The van der Waals surface area contributed by atoms with Gasteiger partial charge in [-0.05, 0) is 36.2 Å². The maximum atomic E-state index is 14.1. The van der Waals surface area contributed by atoms with Crippen molar-refractivity contribution in [1.29, 1.82) is 0 Å². The molecule has 150 valence electrons. The highest BCUT2D eigenvalue weighted by molar-refractivity contribution is 5.78. The molecule has 29 heavy (non-hydrogen) atoms. The zero-order valence-electron chi connectivity index (χ0n) is 16.5. The van der Waals surface area contributed by atoms with Crippen molar-refractivity contribution >= 4 is 28.7 Å². The first kappa shape index (κ1) is 19.0. The van der Waals surface area contributed by atoms with E-state index in [-0.39, 0.29) is 5.82 Å². The first-order chi connectivity index (χ1) is 14.2. The Morgan fingerprint density at radius 3 is 2.34 bits per heavy atom. The molecule has 7 heteroatoms. The number of piperazine rings is 1. The molecule has 1 aliphatic rings. The zero-order chi connectivity index (χ0) is 20.2. The summed E-state index contributed by atoms with van der Waals surface area (Å²) in [4.78, 5) is 12.9. The number of nitrogen functional groups attached to an aromatic ring is 1. The molecule has 1 aromatic heterocycles. The van der Waals surface area contributed by atoms with Gasteiger partial charge >= 0.3 is 0 Å². The van der Waals surface area contributed by atoms with Crippen LogP contribution < -0.4 is 20.9 Å². The van der Waals surface area contributed by atoms with Crippen LogP contribution in [0.3, 0.4) is 0 Å². The summed E-state index contributed by atoms with van der Waals surface area (Å²) >= 11 is 0. The van der Waals surface area contributed by atoms with E-state index < -0.39 is 0 Å². The number of halogens is 1. The van der Waals surface area contributed by atoms with E-state index in [4.69, 9.17) is 5.73 Å². The zero-order valence-corrected chi connectivity index (χ0v) is 16.5. The van der Waals surface area contributed by atoms with Gasteiger partial charge in [-0.2, -0.15) is 0 Å². The number of para-hydroxylation sites is 1. The molecule has 1 saturated heterocycles. The van der Waals surface area contributed by atoms with Gasteiger partial charge in [0.2, 0.25) is 0 Å². The van der Waals surface area contributed by atoms with Crippen molar-refractivity contribution in [3.05, 3.63) is 66.2 Å². The Labute approximate surface area is 170 Å². The van der Waals surface area contributed by atoms with Gasteiger partial charge in [-0.1, -0.05) is 31.2 Å². The lowest BCUT2D eigenvalue weighted by molar-refractivity contribution is 0.596. The minimum absolute atomic E-state index is 0.192. The lowest BCUT2D eigenvalue weighted by atomic mass is 10.1. The molecular weight excluding hydrogens is 367 g/mol. The average molecular weight is 392 g/mol. The van der Waals surface area contributed by atoms with Crippen LogP contribution in [0.5, 0.6) is 0 Å². The predicted octanol–water partition coefficient (Wildman–Crippen LogP) is 3.83. The maximum absolute atomic E-state index is 14.1. The lowest BCUT2D eigenvalue weighted by Crippen LogP contribution is -2.47. The van der Waals surface area contributed by atoms with Gasteiger partial charge in [0.15, 0.2) is 11.6 Å². The number of hydrogen-bond donors (Lipinski definition) is 2. The number of rotatable bonds is 5. The number of nitrogens with two attached hydrogens (primary N) is 1. The Balaban J connectivity index is 1.47. The van der Waals surface area contributed by atoms with Crippen molar-refractivity contribution in [3.63, 3.8) is 0 Å². The summed E-state index contributed by atoms with van der Waals surface area (Å²) in [5, 5.41) is 3.28. The summed E-state index contributed by atoms with van der Waals surface area (Å²) in [7, 11) is 0. The monoisotopic (exact) mass is 392 g/mol. The fraction of sp³-hybridized carbons (Fsp3) is 0.273. The molecule has 2 heterocycles. The van der Waals surface area contributed by atoms with Crippen molar-refractivity contribution < 1.29 is 4.39 Å². The third kappa shape index (κ3) is 4.08. The average Bonchev–Trinajstić information content (AvgIpc) is 2.76. The molecule has 4 rings (SSSR count). The molecule has 0 bridgehead atoms. The quantitative estimate of drug-likeness (QED) is 0.688. The fourth-order valence-electron chi connectivity index (χ4n) is 3.57. The van der Waals surface area contributed by atoms with Crippen LogP contribution >= 0.6 is 0 Å². The summed E-state index contributed by atoms with van der Waals surface area (Å²) in [6.07, 6.45) is 2.52. The summed E-state index contributed by atoms with van der Waals surface area (Å²) in [6.45, 7) is 4.95. The number of nitrogens with zero attached hydrogens (tertiary/aromatic N) is 4. The third-order valence-electron chi connectivity index (χ3n) is 5.26. The molecule has 1 aliphatic heterocycles. The Kier molecular flexibility index (Phi) is 5.46. The van der Waals surface area contributed by atoms with Gasteiger partial charge in [0.25, 0.3) is 0 Å². The van der Waals surface area contributed by atoms with Crippen LogP contribution in [0.2, 0.25) is 0 Å². The molecule has 6 nitrogen and oxygen atoms in total. The summed E-state index contributed by atoms with van der Waals surface area (Å²) in [5.41, 5.74) is 9.76. The number of nitrogens with one attached hydrogen (secondary N) is 1. The second kappa shape index (κ2) is 8.34. The minimum Gasteiger partial charge on any atom is -0.393 e. The van der Waals surface area contributed by atoms with E-state index in [1.54, 1.807) is 6.07 Å². The highest BCUT2D eigenvalue weighted by Gasteiger charge is 2.22. The van der Waals surface area contributed by atoms with E-state index in [0.717, 1.165) is 12.1 Å². The topological polar surface area (TPSA) is 70.3 Å². The highest BCUT2D eigenvalue weighted by atomic mass is 19.1. The van der Waals surface area contributed by atoms with Crippen molar-refractivity contribution in [2.75, 3.05) is 47.0 Å². The van der Waals surface area contributed by atoms with E-state index in [1.807, 2.05) is 24.3 Å². The third-order valence-corrected chi connectivity index (χ3v) is 5.26. The smallest absolute Gasteiger partial charge is 0.159 e. The molecule has 0 saturated carbocycles. The van der Waals surface area contributed by atoms with Crippen molar-refractivity contribution in [2.45, 2.75) is 13.3 Å². The largest absolute Gasteiger partial charge is 0.393 e. The van der Waals surface area contributed by atoms with Crippen LogP contribution in [0.15, 0.2) is 54.9 Å². The van der Waals surface area contributed by atoms with Gasteiger partial charge in [0.05, 0.1) is 5.69 Å². The first-order valence-electron chi connectivity index (χ1n) is 9.86. The summed E-state index contributed by atoms with van der Waals surface area (Å²) < 4.78 is 14.1. The lowest BCUT2D eigenvalue weighted by Gasteiger charge is -2.37. The van der Waals surface area contributed by atoms with Crippen molar-refractivity contribution in [3.8, 4) is 0 Å². The molecule has 0 amide bonds. The Morgan fingerprint density at radius 1 is 0.966 bits per heavy atom. The SMILES string of the molecule is CCc1ccc(Nc2ncnc(N3CCN(c4ccccc4F)CC3)c2N)cc1. The van der Waals surface area contributed by atoms with E-state index in [9.17, 15) is 4.39 Å². The normalized spacial score (nSPS) is 14.1. The van der Waals surface area contributed by atoms with Crippen molar-refractivity contribution in [1.82, 2.24) is 9.97 Å². The number of benzene rings is 2. The van der Waals surface area contributed by atoms with Crippen LogP contribution in [-0.2, 0) is 6.42 Å². The number of hydrogen-bond acceptors (Lipinski definition) is 6. The van der Waals surface area contributed by atoms with Gasteiger partial charge in [0, 0.05) is 31.9 Å². The van der Waals surface area contributed by atoms with Crippen LogP contribution in [0.1, 0.15) is 12.5 Å². The predicted molar refractivity (Wildman–Crippen MR) is 116 cm³/mol. The Hall–Kier alpha value is -3.35. The fourth-order valence-corrected chi connectivity index (χ4v) is 3.57. The first-order valence-corrected chi connectivity index (χ1v) is 9.86. The van der Waals surface area contributed by atoms with Gasteiger partial charge in [-0.15, -0.1) is 0 Å². The molecule has 3 aromatic rings. The molecule has 0 unspecified atom stereocenters. The maximum Gasteiger partial charge on any atom is 0.159 e. The van der Waals surface area contributed by atoms with E-state index in [1.165, 1.54) is 18.0 Å². The van der Waals surface area contributed by atoms with Gasteiger partial charge in [0.1, 0.15) is 17.8 Å². The second-order valence-corrected chi connectivity index (χ2v) is 7.06. The van der Waals surface area contributed by atoms with Crippen LogP contribution in [-0.4, -0.2) is 36.1 Å². The number of aromatic nitrogens is 2. The van der Waals surface area contributed by atoms with E-state index in [0.29, 0.717) is 49.2 Å². The van der Waals surface area contributed by atoms with E-state index in [2.05, 4.69) is 44.1 Å².